The van der Waals surface area contributed by atoms with Crippen LogP contribution < -0.4 is 0 Å². The van der Waals surface area contributed by atoms with Crippen LogP contribution >= 0.6 is 0 Å². The molecular weight excluding hydrogens is 257 g/mol. The van der Waals surface area contributed by atoms with E-state index in [9.17, 15) is 4.39 Å². The van der Waals surface area contributed by atoms with E-state index in [0.717, 1.165) is 0 Å². The Kier molecular flexibility index (Phi) is 2.94. The lowest BCUT2D eigenvalue weighted by atomic mass is 10.0. The summed E-state index contributed by atoms with van der Waals surface area (Å²) < 4.78 is 13.7. The number of hydrogen-bond acceptors (Lipinski definition) is 4. The monoisotopic (exact) mass is 265 g/mol. The number of nitriles is 1. The molecule has 0 spiro atoms. The van der Waals surface area contributed by atoms with E-state index in [4.69, 9.17) is 5.26 Å². The average Bonchev–Trinajstić information content (AvgIpc) is 2.96. The maximum atomic E-state index is 13.7. The Hall–Kier alpha value is -3.07. The molecule has 0 bridgehead atoms. The molecule has 20 heavy (non-hydrogen) atoms. The van der Waals surface area contributed by atoms with Gasteiger partial charge in [0.15, 0.2) is 5.69 Å². The second-order valence-corrected chi connectivity index (χ2v) is 4.06. The molecule has 1 aromatic carbocycles. The Morgan fingerprint density at radius 1 is 1.10 bits per heavy atom. The summed E-state index contributed by atoms with van der Waals surface area (Å²) in [6, 6.07) is 12.4. The first-order valence-corrected chi connectivity index (χ1v) is 5.82. The van der Waals surface area contributed by atoms with Gasteiger partial charge in [-0.05, 0) is 23.8 Å². The van der Waals surface area contributed by atoms with Crippen molar-refractivity contribution in [2.24, 2.45) is 0 Å². The lowest BCUT2D eigenvalue weighted by Crippen LogP contribution is -1.89. The van der Waals surface area contributed by atoms with Gasteiger partial charge in [-0.2, -0.15) is 20.0 Å². The van der Waals surface area contributed by atoms with Gasteiger partial charge >= 0.3 is 0 Å². The van der Waals surface area contributed by atoms with Crippen LogP contribution in [-0.4, -0.2) is 20.4 Å². The molecule has 0 saturated carbocycles. The van der Waals surface area contributed by atoms with Crippen molar-refractivity contribution >= 4 is 0 Å². The highest BCUT2D eigenvalue weighted by atomic mass is 19.1. The summed E-state index contributed by atoms with van der Waals surface area (Å²) in [6.45, 7) is 0. The molecule has 0 radical (unpaired) electrons. The molecule has 3 rings (SSSR count). The minimum Gasteiger partial charge on any atom is -0.228 e. The predicted octanol–water partition coefficient (Wildman–Crippen LogP) is 2.54. The number of nitrogens with zero attached hydrogens (tertiary/aromatic N) is 4. The van der Waals surface area contributed by atoms with Crippen LogP contribution in [0.1, 0.15) is 5.69 Å². The Morgan fingerprint density at radius 2 is 1.95 bits per heavy atom. The van der Waals surface area contributed by atoms with Gasteiger partial charge in [0, 0.05) is 17.3 Å². The molecule has 3 aromatic rings. The number of hydrogen-bond donors (Lipinski definition) is 1. The number of benzene rings is 1. The van der Waals surface area contributed by atoms with Crippen molar-refractivity contribution in [3.63, 3.8) is 0 Å². The molecule has 2 aromatic heterocycles. The Balaban J connectivity index is 2.12. The number of halogens is 1. The van der Waals surface area contributed by atoms with Gasteiger partial charge in [-0.15, -0.1) is 5.10 Å². The van der Waals surface area contributed by atoms with Crippen molar-refractivity contribution in [1.82, 2.24) is 20.4 Å². The van der Waals surface area contributed by atoms with Crippen LogP contribution in [0.2, 0.25) is 0 Å². The highest BCUT2D eigenvalue weighted by molar-refractivity contribution is 5.72. The fourth-order valence-corrected chi connectivity index (χ4v) is 1.95. The fourth-order valence-electron chi connectivity index (χ4n) is 1.95. The first-order chi connectivity index (χ1) is 9.79. The van der Waals surface area contributed by atoms with Gasteiger partial charge in [-0.1, -0.05) is 18.2 Å². The van der Waals surface area contributed by atoms with Crippen LogP contribution in [0.15, 0.2) is 42.6 Å². The van der Waals surface area contributed by atoms with Crippen molar-refractivity contribution < 1.29 is 4.39 Å². The van der Waals surface area contributed by atoms with Crippen molar-refractivity contribution in [1.29, 1.82) is 5.26 Å². The third kappa shape index (κ3) is 2.01. The van der Waals surface area contributed by atoms with Crippen molar-refractivity contribution in [2.75, 3.05) is 0 Å². The zero-order valence-corrected chi connectivity index (χ0v) is 10.2. The summed E-state index contributed by atoms with van der Waals surface area (Å²) in [5.41, 5.74) is 2.40. The number of rotatable bonds is 2. The van der Waals surface area contributed by atoms with Crippen LogP contribution in [-0.2, 0) is 0 Å². The van der Waals surface area contributed by atoms with E-state index in [0.29, 0.717) is 22.4 Å². The predicted molar refractivity (Wildman–Crippen MR) is 69.7 cm³/mol. The highest BCUT2D eigenvalue weighted by Crippen LogP contribution is 2.27. The minimum absolute atomic E-state index is 0.203. The summed E-state index contributed by atoms with van der Waals surface area (Å²) >= 11 is 0. The number of nitrogens with one attached hydrogen (secondary N) is 1. The van der Waals surface area contributed by atoms with Gasteiger partial charge < -0.3 is 0 Å². The summed E-state index contributed by atoms with van der Waals surface area (Å²) in [5.74, 6) is -0.537. The number of pyridine rings is 1. The summed E-state index contributed by atoms with van der Waals surface area (Å²) in [5, 5.41) is 19.1. The Morgan fingerprint density at radius 3 is 2.75 bits per heavy atom. The number of aromatic amines is 1. The molecule has 0 saturated heterocycles. The SMILES string of the molecule is N#Cc1n[nH]nc1-c1cccc(-c2cccnc2F)c1. The number of H-pyrrole nitrogens is 1. The van der Waals surface area contributed by atoms with Crippen LogP contribution in [0.4, 0.5) is 4.39 Å². The quantitative estimate of drug-likeness (QED) is 0.722. The largest absolute Gasteiger partial charge is 0.228 e. The topological polar surface area (TPSA) is 78.2 Å². The Labute approximate surface area is 113 Å². The second-order valence-electron chi connectivity index (χ2n) is 4.06. The molecule has 96 valence electrons. The maximum Gasteiger partial charge on any atom is 0.220 e. The molecule has 0 unspecified atom stereocenters. The minimum atomic E-state index is -0.537. The molecule has 0 atom stereocenters. The molecule has 0 aliphatic carbocycles. The van der Waals surface area contributed by atoms with E-state index in [1.807, 2.05) is 6.07 Å². The van der Waals surface area contributed by atoms with Gasteiger partial charge in [0.1, 0.15) is 11.8 Å². The lowest BCUT2D eigenvalue weighted by molar-refractivity contribution is 0.587. The van der Waals surface area contributed by atoms with Crippen molar-refractivity contribution in [3.05, 3.63) is 54.2 Å². The molecule has 0 fully saturated rings. The average molecular weight is 265 g/mol. The van der Waals surface area contributed by atoms with E-state index in [2.05, 4.69) is 20.4 Å². The first kappa shape index (κ1) is 12.0. The molecule has 6 heteroatoms. The third-order valence-corrected chi connectivity index (χ3v) is 2.86. The van der Waals surface area contributed by atoms with Gasteiger partial charge in [0.25, 0.3) is 0 Å². The zero-order valence-electron chi connectivity index (χ0n) is 10.2. The van der Waals surface area contributed by atoms with E-state index in [1.165, 1.54) is 6.20 Å². The van der Waals surface area contributed by atoms with E-state index in [-0.39, 0.29) is 5.69 Å². The molecule has 2 heterocycles. The van der Waals surface area contributed by atoms with Crippen LogP contribution in [0.25, 0.3) is 22.4 Å². The van der Waals surface area contributed by atoms with Crippen LogP contribution in [0.3, 0.4) is 0 Å². The molecule has 0 aliphatic heterocycles. The molecule has 0 aliphatic rings. The third-order valence-electron chi connectivity index (χ3n) is 2.86. The second kappa shape index (κ2) is 4.90. The van der Waals surface area contributed by atoms with Crippen molar-refractivity contribution in [3.8, 4) is 28.5 Å². The van der Waals surface area contributed by atoms with Crippen LogP contribution in [0.5, 0.6) is 0 Å². The van der Waals surface area contributed by atoms with E-state index in [1.54, 1.807) is 36.4 Å². The summed E-state index contributed by atoms with van der Waals surface area (Å²) in [4.78, 5) is 3.63. The normalized spacial score (nSPS) is 10.2. The summed E-state index contributed by atoms with van der Waals surface area (Å²) in [7, 11) is 0. The van der Waals surface area contributed by atoms with Gasteiger partial charge in [0.2, 0.25) is 5.95 Å². The van der Waals surface area contributed by atoms with Crippen molar-refractivity contribution in [2.45, 2.75) is 0 Å². The Bertz CT molecular complexity index is 786. The molecular formula is C14H8FN5. The van der Waals surface area contributed by atoms with E-state index < -0.39 is 5.95 Å². The summed E-state index contributed by atoms with van der Waals surface area (Å²) in [6.07, 6.45) is 1.40. The number of aromatic nitrogens is 4. The van der Waals surface area contributed by atoms with Gasteiger partial charge in [-0.25, -0.2) is 4.98 Å². The van der Waals surface area contributed by atoms with E-state index >= 15 is 0 Å². The zero-order chi connectivity index (χ0) is 13.9. The standard InChI is InChI=1S/C14H8FN5/c15-14-11(5-2-6-17-14)9-3-1-4-10(7-9)13-12(8-16)18-20-19-13/h1-7H,(H,18,19,20). The van der Waals surface area contributed by atoms with Gasteiger partial charge in [-0.3, -0.25) is 0 Å². The fraction of sp³-hybridized carbons (Fsp3) is 0. The molecule has 1 N–H and O–H groups in total. The smallest absolute Gasteiger partial charge is 0.220 e. The highest BCUT2D eigenvalue weighted by Gasteiger charge is 2.12. The first-order valence-electron chi connectivity index (χ1n) is 5.82. The molecule has 0 amide bonds. The van der Waals surface area contributed by atoms with Crippen LogP contribution in [0, 0.1) is 17.3 Å². The lowest BCUT2D eigenvalue weighted by Gasteiger charge is -2.04. The molecule has 5 nitrogen and oxygen atoms in total. The van der Waals surface area contributed by atoms with Gasteiger partial charge in [0.05, 0.1) is 0 Å². The maximum absolute atomic E-state index is 13.7.